The summed E-state index contributed by atoms with van der Waals surface area (Å²) in [5, 5.41) is 0. The maximum Gasteiger partial charge on any atom is 1.00 e. The van der Waals surface area contributed by atoms with Gasteiger partial charge in [-0.3, -0.25) is 0 Å². The van der Waals surface area contributed by atoms with Gasteiger partial charge in [-0.1, -0.05) is 0 Å². The quantitative estimate of drug-likeness (QED) is 0.207. The number of hydrogen-bond donors (Lipinski definition) is 4. The molecule has 4 nitrogen and oxygen atoms in total. The summed E-state index contributed by atoms with van der Waals surface area (Å²) in [5.41, 5.74) is 0. The van der Waals surface area contributed by atoms with Crippen LogP contribution in [-0.4, -0.2) is 28.2 Å². The van der Waals surface area contributed by atoms with Crippen molar-refractivity contribution in [2.75, 3.05) is 0 Å². The average molecular weight is 154 g/mol. The molecule has 42 valence electrons. The van der Waals surface area contributed by atoms with Crippen LogP contribution in [0.2, 0.25) is 0 Å². The minimum Gasteiger partial charge on any atom is -1.00 e. The molecule has 0 amide bonds. The Hall–Kier alpha value is 1.49. The summed E-state index contributed by atoms with van der Waals surface area (Å²) < 4.78 is 0. The van der Waals surface area contributed by atoms with Gasteiger partial charge in [0.2, 0.25) is 0 Å². The van der Waals surface area contributed by atoms with Crippen molar-refractivity contribution < 1.29 is 50.2 Å². The zero-order valence-electron chi connectivity index (χ0n) is 5.00. The SMILES string of the molecule is O[Si](O)(O)O.P.[H-].[Na+]. The van der Waals surface area contributed by atoms with Gasteiger partial charge < -0.3 is 20.6 Å². The van der Waals surface area contributed by atoms with E-state index in [0.29, 0.717) is 0 Å². The van der Waals surface area contributed by atoms with Crippen molar-refractivity contribution in [3.63, 3.8) is 0 Å². The van der Waals surface area contributed by atoms with Crippen LogP contribution in [0.3, 0.4) is 0 Å². The van der Waals surface area contributed by atoms with Crippen LogP contribution in [0.1, 0.15) is 1.43 Å². The van der Waals surface area contributed by atoms with Crippen LogP contribution >= 0.6 is 9.90 Å². The van der Waals surface area contributed by atoms with Crippen LogP contribution < -0.4 is 29.6 Å². The van der Waals surface area contributed by atoms with Crippen LogP contribution in [-0.2, 0) is 0 Å². The molecule has 0 aliphatic heterocycles. The van der Waals surface area contributed by atoms with Gasteiger partial charge >= 0.3 is 38.6 Å². The predicted octanol–water partition coefficient (Wildman–Crippen LogP) is -5.43. The van der Waals surface area contributed by atoms with Crippen LogP contribution in [0, 0.1) is 0 Å². The molecule has 0 aromatic heterocycles. The molecule has 0 aromatic carbocycles. The Morgan fingerprint density at radius 1 is 1.00 bits per heavy atom. The molecule has 4 N–H and O–H groups in total. The maximum absolute atomic E-state index is 7.33. The van der Waals surface area contributed by atoms with E-state index < -0.39 is 9.05 Å². The van der Waals surface area contributed by atoms with E-state index in [1.165, 1.54) is 0 Å². The molecule has 0 heterocycles. The van der Waals surface area contributed by atoms with Crippen LogP contribution in [0.15, 0.2) is 0 Å². The third kappa shape index (κ3) is 102. The van der Waals surface area contributed by atoms with E-state index in [1.54, 1.807) is 0 Å². The second kappa shape index (κ2) is 5.62. The second-order valence-corrected chi connectivity index (χ2v) is 1.80. The van der Waals surface area contributed by atoms with Gasteiger partial charge in [-0.2, -0.15) is 9.90 Å². The van der Waals surface area contributed by atoms with E-state index in [2.05, 4.69) is 0 Å². The van der Waals surface area contributed by atoms with Crippen molar-refractivity contribution in [1.29, 1.82) is 0 Å². The molecule has 1 atom stereocenters. The molecule has 7 heavy (non-hydrogen) atoms. The monoisotopic (exact) mass is 154 g/mol. The van der Waals surface area contributed by atoms with Crippen molar-refractivity contribution in [3.8, 4) is 0 Å². The van der Waals surface area contributed by atoms with E-state index in [9.17, 15) is 0 Å². The average Bonchev–Trinajstić information content (AvgIpc) is 0.722. The van der Waals surface area contributed by atoms with E-state index in [4.69, 9.17) is 19.2 Å². The fourth-order valence-electron chi connectivity index (χ4n) is 0. The largest absolute Gasteiger partial charge is 1.00 e. The third-order valence-electron chi connectivity index (χ3n) is 0. The summed E-state index contributed by atoms with van der Waals surface area (Å²) in [7, 11) is -4.61. The molecule has 0 aliphatic carbocycles. The maximum atomic E-state index is 7.33. The molecular weight excluding hydrogens is 146 g/mol. The second-order valence-electron chi connectivity index (χ2n) is 0.600. The van der Waals surface area contributed by atoms with Gasteiger partial charge in [0.25, 0.3) is 0 Å². The van der Waals surface area contributed by atoms with Crippen LogP contribution in [0.25, 0.3) is 0 Å². The van der Waals surface area contributed by atoms with Gasteiger partial charge in [-0.05, 0) is 0 Å². The Balaban J connectivity index is -0.0000000267. The van der Waals surface area contributed by atoms with Crippen LogP contribution in [0.4, 0.5) is 0 Å². The van der Waals surface area contributed by atoms with Crippen molar-refractivity contribution in [2.45, 2.75) is 0 Å². The van der Waals surface area contributed by atoms with Gasteiger partial charge in [0, 0.05) is 0 Å². The normalized spacial score (nSPS) is 8.57. The zero-order valence-corrected chi connectivity index (χ0v) is 8.41. The predicted molar refractivity (Wildman–Crippen MR) is 26.8 cm³/mol. The smallest absolute Gasteiger partial charge is 1.00 e. The molecule has 0 aromatic rings. The van der Waals surface area contributed by atoms with Gasteiger partial charge in [-0.15, -0.1) is 0 Å². The molecule has 0 saturated heterocycles. The Labute approximate surface area is 69.1 Å². The number of hydrogen-bond acceptors (Lipinski definition) is 4. The van der Waals surface area contributed by atoms with Crippen molar-refractivity contribution in [1.82, 2.24) is 0 Å². The Morgan fingerprint density at radius 2 is 1.00 bits per heavy atom. The molecule has 1 unspecified atom stereocenters. The van der Waals surface area contributed by atoms with E-state index in [0.717, 1.165) is 0 Å². The van der Waals surface area contributed by atoms with Gasteiger partial charge in [0.15, 0.2) is 0 Å². The van der Waals surface area contributed by atoms with Gasteiger partial charge in [0.1, 0.15) is 0 Å². The Bertz CT molecular complexity index is 31.5. The number of rotatable bonds is 0. The molecule has 0 radical (unpaired) electrons. The minimum atomic E-state index is -4.61. The summed E-state index contributed by atoms with van der Waals surface area (Å²) in [4.78, 5) is 29.3. The molecule has 7 heteroatoms. The Morgan fingerprint density at radius 3 is 1.00 bits per heavy atom. The fraction of sp³-hybridized carbons (Fsp3) is 0. The first-order chi connectivity index (χ1) is 2.00. The zero-order chi connectivity index (χ0) is 4.50. The molecular formula is H8NaO4PSi. The molecule has 0 fully saturated rings. The van der Waals surface area contributed by atoms with Crippen molar-refractivity contribution >= 4 is 18.9 Å². The summed E-state index contributed by atoms with van der Waals surface area (Å²) in [6, 6.07) is 0. The van der Waals surface area contributed by atoms with E-state index >= 15 is 0 Å². The van der Waals surface area contributed by atoms with Crippen LogP contribution in [0.5, 0.6) is 0 Å². The summed E-state index contributed by atoms with van der Waals surface area (Å²) in [5.74, 6) is 0. The third-order valence-corrected chi connectivity index (χ3v) is 0. The molecule has 0 bridgehead atoms. The topological polar surface area (TPSA) is 80.9 Å². The first-order valence-electron chi connectivity index (χ1n) is 0.894. The van der Waals surface area contributed by atoms with E-state index in [-0.39, 0.29) is 40.9 Å². The molecule has 0 rings (SSSR count). The molecule has 0 saturated carbocycles. The Kier molecular flexibility index (Phi) is 12.7. The first-order valence-corrected chi connectivity index (χ1v) is 2.68. The fourth-order valence-corrected chi connectivity index (χ4v) is 0. The minimum absolute atomic E-state index is 0. The molecule has 0 spiro atoms. The van der Waals surface area contributed by atoms with E-state index in [1.807, 2.05) is 0 Å². The summed E-state index contributed by atoms with van der Waals surface area (Å²) in [6.07, 6.45) is 0. The first kappa shape index (κ1) is 15.8. The summed E-state index contributed by atoms with van der Waals surface area (Å²) >= 11 is 0. The summed E-state index contributed by atoms with van der Waals surface area (Å²) in [6.45, 7) is 0. The molecule has 0 aliphatic rings. The van der Waals surface area contributed by atoms with Gasteiger partial charge in [-0.25, -0.2) is 0 Å². The van der Waals surface area contributed by atoms with Crippen molar-refractivity contribution in [2.24, 2.45) is 0 Å². The van der Waals surface area contributed by atoms with Crippen molar-refractivity contribution in [3.05, 3.63) is 0 Å². The van der Waals surface area contributed by atoms with Gasteiger partial charge in [0.05, 0.1) is 0 Å². The standard InChI is InChI=1S/Na.H4O4Si.H3P.H/c;1-5(2,3)4;;/h;1-4H;1H3;/q+1;;;-1.